The van der Waals surface area contributed by atoms with Gasteiger partial charge in [0.1, 0.15) is 5.56 Å². The molecule has 0 spiro atoms. The number of nitrogens with one attached hydrogen (secondary N) is 1. The molecule has 0 aliphatic rings. The molecule has 7 heteroatoms. The zero-order valence-corrected chi connectivity index (χ0v) is 18.1. The summed E-state index contributed by atoms with van der Waals surface area (Å²) >= 11 is 6.05. The van der Waals surface area contributed by atoms with Crippen LogP contribution < -0.4 is 5.32 Å². The summed E-state index contributed by atoms with van der Waals surface area (Å²) in [5, 5.41) is 14.2. The van der Waals surface area contributed by atoms with Gasteiger partial charge in [-0.05, 0) is 35.4 Å². The van der Waals surface area contributed by atoms with Crippen molar-refractivity contribution < 1.29 is 14.7 Å². The van der Waals surface area contributed by atoms with E-state index >= 15 is 0 Å². The van der Waals surface area contributed by atoms with Crippen LogP contribution in [0.5, 0.6) is 0 Å². The van der Waals surface area contributed by atoms with Gasteiger partial charge in [-0.1, -0.05) is 58.4 Å². The van der Waals surface area contributed by atoms with E-state index in [9.17, 15) is 14.7 Å². The quantitative estimate of drug-likeness (QED) is 0.325. The van der Waals surface area contributed by atoms with Crippen LogP contribution in [0.2, 0.25) is 0 Å². The van der Waals surface area contributed by atoms with Crippen LogP contribution in [0.3, 0.4) is 0 Å². The van der Waals surface area contributed by atoms with Crippen molar-refractivity contribution in [3.8, 4) is 20.9 Å². The van der Waals surface area contributed by atoms with Gasteiger partial charge in [-0.3, -0.25) is 4.79 Å². The fraction of sp³-hybridized carbons (Fsp3) is 0. The molecular formula is C22H14BrNO3S2. The Morgan fingerprint density at radius 3 is 2.31 bits per heavy atom. The van der Waals surface area contributed by atoms with E-state index in [1.807, 2.05) is 60.7 Å². The van der Waals surface area contributed by atoms with Crippen LogP contribution in [0, 0.1) is 0 Å². The van der Waals surface area contributed by atoms with E-state index < -0.39 is 5.97 Å². The number of thiophene rings is 2. The van der Waals surface area contributed by atoms with E-state index in [-0.39, 0.29) is 11.5 Å². The lowest BCUT2D eigenvalue weighted by Crippen LogP contribution is -2.12. The van der Waals surface area contributed by atoms with Gasteiger partial charge in [-0.15, -0.1) is 22.7 Å². The fourth-order valence-corrected chi connectivity index (χ4v) is 5.05. The molecule has 2 aromatic heterocycles. The Hall–Kier alpha value is -2.74. The molecule has 0 saturated heterocycles. The molecule has 0 aliphatic heterocycles. The molecule has 0 radical (unpaired) electrons. The molecule has 29 heavy (non-hydrogen) atoms. The Labute approximate surface area is 183 Å². The van der Waals surface area contributed by atoms with Gasteiger partial charge in [0.25, 0.3) is 5.91 Å². The van der Waals surface area contributed by atoms with Crippen molar-refractivity contribution in [2.45, 2.75) is 0 Å². The number of hydrogen-bond acceptors (Lipinski definition) is 4. The van der Waals surface area contributed by atoms with E-state index in [4.69, 9.17) is 0 Å². The first-order valence-corrected chi connectivity index (χ1v) is 11.1. The minimum atomic E-state index is -1.07. The lowest BCUT2D eigenvalue weighted by atomic mass is 10.1. The minimum absolute atomic E-state index is 0.102. The predicted octanol–water partition coefficient (Wildman–Crippen LogP) is 6.86. The number of carboxylic acid groups (broad SMARTS) is 1. The summed E-state index contributed by atoms with van der Waals surface area (Å²) in [7, 11) is 0. The smallest absolute Gasteiger partial charge is 0.339 e. The molecule has 0 aliphatic carbocycles. The van der Waals surface area contributed by atoms with Gasteiger partial charge in [0.15, 0.2) is 0 Å². The highest BCUT2D eigenvalue weighted by Crippen LogP contribution is 2.37. The van der Waals surface area contributed by atoms with Gasteiger partial charge in [0.05, 0.1) is 15.4 Å². The highest BCUT2D eigenvalue weighted by Gasteiger charge is 2.22. The van der Waals surface area contributed by atoms with E-state index in [1.165, 1.54) is 22.7 Å². The Morgan fingerprint density at radius 2 is 1.62 bits per heavy atom. The molecule has 4 rings (SSSR count). The lowest BCUT2D eigenvalue weighted by molar-refractivity contribution is 0.0699. The molecular weight excluding hydrogens is 470 g/mol. The van der Waals surface area contributed by atoms with Crippen LogP contribution in [-0.2, 0) is 0 Å². The number of hydrogen-bond donors (Lipinski definition) is 2. The van der Waals surface area contributed by atoms with Crippen LogP contribution in [-0.4, -0.2) is 17.0 Å². The first kappa shape index (κ1) is 19.6. The van der Waals surface area contributed by atoms with Crippen molar-refractivity contribution in [1.82, 2.24) is 0 Å². The van der Waals surface area contributed by atoms with E-state index in [0.717, 1.165) is 20.5 Å². The highest BCUT2D eigenvalue weighted by atomic mass is 79.9. The molecule has 0 unspecified atom stereocenters. The lowest BCUT2D eigenvalue weighted by Gasteiger charge is -2.05. The molecule has 2 aromatic carbocycles. The van der Waals surface area contributed by atoms with Gasteiger partial charge in [0, 0.05) is 14.7 Å². The largest absolute Gasteiger partial charge is 0.478 e. The third kappa shape index (κ3) is 4.17. The van der Waals surface area contributed by atoms with E-state index in [0.29, 0.717) is 15.4 Å². The minimum Gasteiger partial charge on any atom is -0.478 e. The Bertz CT molecular complexity index is 1180. The average Bonchev–Trinajstić information content (AvgIpc) is 3.37. The number of carbonyl (C=O) groups is 2. The van der Waals surface area contributed by atoms with Crippen LogP contribution in [0.1, 0.15) is 20.0 Å². The molecule has 0 bridgehead atoms. The first-order valence-electron chi connectivity index (χ1n) is 8.60. The summed E-state index contributed by atoms with van der Waals surface area (Å²) in [5.41, 5.74) is 2.24. The van der Waals surface area contributed by atoms with Gasteiger partial charge < -0.3 is 10.4 Å². The number of benzene rings is 2. The van der Waals surface area contributed by atoms with Gasteiger partial charge in [0.2, 0.25) is 0 Å². The van der Waals surface area contributed by atoms with Gasteiger partial charge in [-0.2, -0.15) is 0 Å². The third-order valence-corrected chi connectivity index (χ3v) is 6.94. The summed E-state index contributed by atoms with van der Waals surface area (Å²) in [6, 6.07) is 20.9. The maximum atomic E-state index is 12.7. The predicted molar refractivity (Wildman–Crippen MR) is 122 cm³/mol. The zero-order valence-electron chi connectivity index (χ0n) is 14.9. The van der Waals surface area contributed by atoms with Crippen LogP contribution in [0.4, 0.5) is 5.69 Å². The normalized spacial score (nSPS) is 10.7. The van der Waals surface area contributed by atoms with Crippen molar-refractivity contribution in [2.24, 2.45) is 0 Å². The second-order valence-electron chi connectivity index (χ2n) is 6.15. The fourth-order valence-electron chi connectivity index (χ4n) is 2.88. The standard InChI is InChI=1S/C22H14BrNO3S2/c23-15-8-6-14(7-9-15)20-19(22(26)27)16(12-28-20)24-21(25)18-11-10-17(29-18)13-4-2-1-3-5-13/h1-12H,(H,24,25)(H,26,27). The second-order valence-corrected chi connectivity index (χ2v) is 9.03. The maximum Gasteiger partial charge on any atom is 0.339 e. The van der Waals surface area contributed by atoms with E-state index in [1.54, 1.807) is 11.4 Å². The number of carboxylic acids is 1. The van der Waals surface area contributed by atoms with Crippen molar-refractivity contribution >= 4 is 56.2 Å². The summed E-state index contributed by atoms with van der Waals surface area (Å²) in [6.45, 7) is 0. The average molecular weight is 484 g/mol. The van der Waals surface area contributed by atoms with Crippen LogP contribution in [0.25, 0.3) is 20.9 Å². The SMILES string of the molecule is O=C(Nc1csc(-c2ccc(Br)cc2)c1C(=O)O)c1ccc(-c2ccccc2)s1. The van der Waals surface area contributed by atoms with Crippen molar-refractivity contribution in [3.05, 3.63) is 87.0 Å². The molecule has 2 heterocycles. The number of aromatic carboxylic acids is 1. The zero-order chi connectivity index (χ0) is 20.4. The monoisotopic (exact) mass is 483 g/mol. The molecule has 0 fully saturated rings. The Balaban J connectivity index is 1.61. The highest BCUT2D eigenvalue weighted by molar-refractivity contribution is 9.10. The number of halogens is 1. The maximum absolute atomic E-state index is 12.7. The molecule has 2 N–H and O–H groups in total. The third-order valence-electron chi connectivity index (χ3n) is 4.25. The summed E-state index contributed by atoms with van der Waals surface area (Å²) in [4.78, 5) is 26.7. The Kier molecular flexibility index (Phi) is 5.62. The van der Waals surface area contributed by atoms with Crippen molar-refractivity contribution in [1.29, 1.82) is 0 Å². The molecule has 144 valence electrons. The van der Waals surface area contributed by atoms with Gasteiger partial charge in [-0.25, -0.2) is 4.79 Å². The number of amides is 1. The summed E-state index contributed by atoms with van der Waals surface area (Å²) in [5.74, 6) is -1.39. The van der Waals surface area contributed by atoms with Gasteiger partial charge >= 0.3 is 5.97 Å². The van der Waals surface area contributed by atoms with Crippen LogP contribution >= 0.6 is 38.6 Å². The summed E-state index contributed by atoms with van der Waals surface area (Å²) < 4.78 is 0.912. The molecule has 4 aromatic rings. The topological polar surface area (TPSA) is 66.4 Å². The summed E-state index contributed by atoms with van der Waals surface area (Å²) in [6.07, 6.45) is 0. The molecule has 1 amide bonds. The number of carbonyl (C=O) groups excluding carboxylic acids is 1. The Morgan fingerprint density at radius 1 is 0.897 bits per heavy atom. The van der Waals surface area contributed by atoms with E-state index in [2.05, 4.69) is 21.2 Å². The number of rotatable bonds is 5. The molecule has 0 saturated carbocycles. The number of anilines is 1. The molecule has 0 atom stereocenters. The second kappa shape index (κ2) is 8.32. The first-order chi connectivity index (χ1) is 14.0. The molecule has 4 nitrogen and oxygen atoms in total. The van der Waals surface area contributed by atoms with Crippen LogP contribution in [0.15, 0.2) is 76.6 Å². The van der Waals surface area contributed by atoms with Crippen molar-refractivity contribution in [2.75, 3.05) is 5.32 Å². The van der Waals surface area contributed by atoms with Crippen molar-refractivity contribution in [3.63, 3.8) is 0 Å².